The molecule has 11 heteroatoms. The third kappa shape index (κ3) is 4.91. The van der Waals surface area contributed by atoms with Crippen molar-refractivity contribution in [1.29, 1.82) is 0 Å². The number of carbonyl (C=O) groups excluding carboxylic acids is 1. The molecule has 0 atom stereocenters. The summed E-state index contributed by atoms with van der Waals surface area (Å²) in [6, 6.07) is -0.550. The molecule has 2 amide bonds. The highest BCUT2D eigenvalue weighted by molar-refractivity contribution is 7.13. The summed E-state index contributed by atoms with van der Waals surface area (Å²) in [4.78, 5) is 15.8. The first-order valence-corrected chi connectivity index (χ1v) is 7.00. The summed E-state index contributed by atoms with van der Waals surface area (Å²) >= 11 is 1.40. The van der Waals surface area contributed by atoms with E-state index in [9.17, 15) is 18.0 Å². The van der Waals surface area contributed by atoms with E-state index in [1.54, 1.807) is 12.4 Å². The first kappa shape index (κ1) is 16.1. The fourth-order valence-electron chi connectivity index (χ4n) is 1.55. The lowest BCUT2D eigenvalue weighted by Gasteiger charge is -2.05. The number of urea groups is 1. The van der Waals surface area contributed by atoms with Crippen LogP contribution < -0.4 is 16.0 Å². The Morgan fingerprint density at radius 2 is 2.23 bits per heavy atom. The van der Waals surface area contributed by atoms with Crippen molar-refractivity contribution >= 4 is 28.2 Å². The van der Waals surface area contributed by atoms with Crippen molar-refractivity contribution in [2.24, 2.45) is 0 Å². The zero-order valence-electron chi connectivity index (χ0n) is 11.4. The minimum absolute atomic E-state index is 0.177. The lowest BCUT2D eigenvalue weighted by Crippen LogP contribution is -2.28. The summed E-state index contributed by atoms with van der Waals surface area (Å²) in [6.07, 6.45) is -2.11. The monoisotopic (exact) mass is 334 g/mol. The van der Waals surface area contributed by atoms with Crippen molar-refractivity contribution in [3.05, 3.63) is 23.5 Å². The van der Waals surface area contributed by atoms with Crippen LogP contribution in [0, 0.1) is 0 Å². The van der Waals surface area contributed by atoms with Crippen LogP contribution in [0.2, 0.25) is 0 Å². The van der Waals surface area contributed by atoms with Gasteiger partial charge in [-0.2, -0.15) is 18.3 Å². The second-order valence-corrected chi connectivity index (χ2v) is 5.10. The van der Waals surface area contributed by atoms with Crippen LogP contribution in [0.3, 0.4) is 0 Å². The van der Waals surface area contributed by atoms with Crippen molar-refractivity contribution in [2.75, 3.05) is 17.7 Å². The SMILES string of the molecule is CNc1nc(CNC(=O)Nc2cnn(CC(F)(F)F)c2)cs1. The summed E-state index contributed by atoms with van der Waals surface area (Å²) in [5.41, 5.74) is 0.855. The molecule has 2 heterocycles. The van der Waals surface area contributed by atoms with Gasteiger partial charge in [-0.3, -0.25) is 4.68 Å². The van der Waals surface area contributed by atoms with Crippen molar-refractivity contribution in [2.45, 2.75) is 19.3 Å². The highest BCUT2D eigenvalue weighted by Gasteiger charge is 2.28. The number of carbonyl (C=O) groups is 1. The number of amides is 2. The minimum atomic E-state index is -4.36. The molecule has 0 spiro atoms. The number of nitrogens with one attached hydrogen (secondary N) is 3. The second-order valence-electron chi connectivity index (χ2n) is 4.24. The molecule has 0 unspecified atom stereocenters. The van der Waals surface area contributed by atoms with Crippen LogP contribution in [0.5, 0.6) is 0 Å². The normalized spacial score (nSPS) is 11.3. The Morgan fingerprint density at radius 1 is 1.45 bits per heavy atom. The van der Waals surface area contributed by atoms with Crippen LogP contribution in [0.15, 0.2) is 17.8 Å². The zero-order chi connectivity index (χ0) is 16.2. The van der Waals surface area contributed by atoms with E-state index in [-0.39, 0.29) is 12.2 Å². The molecule has 0 aromatic carbocycles. The van der Waals surface area contributed by atoms with Crippen molar-refractivity contribution in [3.8, 4) is 0 Å². The van der Waals surface area contributed by atoms with Crippen LogP contribution in [0.25, 0.3) is 0 Å². The molecule has 3 N–H and O–H groups in total. The zero-order valence-corrected chi connectivity index (χ0v) is 12.3. The van der Waals surface area contributed by atoms with Crippen molar-refractivity contribution in [3.63, 3.8) is 0 Å². The minimum Gasteiger partial charge on any atom is -0.365 e. The van der Waals surface area contributed by atoms with Crippen LogP contribution in [-0.2, 0) is 13.1 Å². The summed E-state index contributed by atoms with van der Waals surface area (Å²) < 4.78 is 37.2. The topological polar surface area (TPSA) is 83.9 Å². The molecule has 0 aliphatic heterocycles. The second kappa shape index (κ2) is 6.64. The maximum atomic E-state index is 12.2. The largest absolute Gasteiger partial charge is 0.408 e. The fraction of sp³-hybridized carbons (Fsp3) is 0.364. The van der Waals surface area contributed by atoms with Crippen molar-refractivity contribution < 1.29 is 18.0 Å². The third-order valence-corrected chi connectivity index (χ3v) is 3.34. The maximum absolute atomic E-state index is 12.2. The average Bonchev–Trinajstić information content (AvgIpc) is 3.04. The number of nitrogens with zero attached hydrogens (tertiary/aromatic N) is 3. The van der Waals surface area contributed by atoms with Crippen LogP contribution in [-0.4, -0.2) is 34.0 Å². The molecule has 120 valence electrons. The van der Waals surface area contributed by atoms with Gasteiger partial charge in [0, 0.05) is 18.6 Å². The first-order chi connectivity index (χ1) is 10.4. The van der Waals surface area contributed by atoms with Gasteiger partial charge in [0.25, 0.3) is 0 Å². The molecule has 0 fully saturated rings. The smallest absolute Gasteiger partial charge is 0.365 e. The number of aromatic nitrogens is 3. The number of alkyl halides is 3. The highest BCUT2D eigenvalue weighted by Crippen LogP contribution is 2.18. The lowest BCUT2D eigenvalue weighted by molar-refractivity contribution is -0.142. The van der Waals surface area contributed by atoms with E-state index in [0.29, 0.717) is 10.4 Å². The van der Waals surface area contributed by atoms with E-state index in [1.807, 2.05) is 0 Å². The van der Waals surface area contributed by atoms with E-state index in [4.69, 9.17) is 0 Å². The Labute approximate surface area is 127 Å². The first-order valence-electron chi connectivity index (χ1n) is 6.12. The van der Waals surface area contributed by atoms with Gasteiger partial charge in [0.05, 0.1) is 24.1 Å². The molecule has 2 aromatic rings. The Hall–Kier alpha value is -2.30. The van der Waals surface area contributed by atoms with E-state index in [0.717, 1.165) is 17.5 Å². The molecule has 0 bridgehead atoms. The number of hydrogen-bond acceptors (Lipinski definition) is 5. The predicted molar refractivity (Wildman–Crippen MR) is 75.8 cm³/mol. The summed E-state index contributed by atoms with van der Waals surface area (Å²) in [7, 11) is 1.74. The van der Waals surface area contributed by atoms with Crippen LogP contribution >= 0.6 is 11.3 Å². The van der Waals surface area contributed by atoms with E-state index < -0.39 is 18.8 Å². The predicted octanol–water partition coefficient (Wildman–Crippen LogP) is 2.27. The molecular weight excluding hydrogens is 321 g/mol. The van der Waals surface area contributed by atoms with Gasteiger partial charge in [0.2, 0.25) is 0 Å². The van der Waals surface area contributed by atoms with Gasteiger partial charge < -0.3 is 16.0 Å². The molecule has 0 aliphatic carbocycles. The molecule has 0 saturated heterocycles. The molecule has 0 aliphatic rings. The van der Waals surface area contributed by atoms with Gasteiger partial charge in [-0.15, -0.1) is 11.3 Å². The van der Waals surface area contributed by atoms with Gasteiger partial charge in [-0.1, -0.05) is 0 Å². The number of anilines is 2. The van der Waals surface area contributed by atoms with Crippen LogP contribution in [0.4, 0.5) is 28.8 Å². The Bertz CT molecular complexity index is 638. The Morgan fingerprint density at radius 3 is 2.86 bits per heavy atom. The number of hydrogen-bond donors (Lipinski definition) is 3. The molecule has 2 aromatic heterocycles. The van der Waals surface area contributed by atoms with Gasteiger partial charge in [0.15, 0.2) is 5.13 Å². The van der Waals surface area contributed by atoms with Gasteiger partial charge in [0.1, 0.15) is 6.54 Å². The maximum Gasteiger partial charge on any atom is 0.408 e. The standard InChI is InChI=1S/C11H13F3N6OS/c1-15-10-19-8(5-22-10)2-16-9(21)18-7-3-17-20(4-7)6-11(12,13)14/h3-5H,2,6H2,1H3,(H,15,19)(H2,16,18,21). The van der Waals surface area contributed by atoms with Gasteiger partial charge in [-0.05, 0) is 0 Å². The van der Waals surface area contributed by atoms with Gasteiger partial charge >= 0.3 is 12.2 Å². The summed E-state index contributed by atoms with van der Waals surface area (Å²) in [5.74, 6) is 0. The number of thiazole rings is 1. The van der Waals surface area contributed by atoms with E-state index in [2.05, 4.69) is 26.0 Å². The molecule has 2 rings (SSSR count). The van der Waals surface area contributed by atoms with Gasteiger partial charge in [-0.25, -0.2) is 9.78 Å². The summed E-state index contributed by atoms with van der Waals surface area (Å²) in [6.45, 7) is -0.997. The molecular formula is C11H13F3N6OS. The number of halogens is 3. The summed E-state index contributed by atoms with van der Waals surface area (Å²) in [5, 5.41) is 13.9. The fourth-order valence-corrected chi connectivity index (χ4v) is 2.22. The average molecular weight is 334 g/mol. The molecule has 0 saturated carbocycles. The molecule has 7 nitrogen and oxygen atoms in total. The molecule has 0 radical (unpaired) electrons. The number of rotatable bonds is 5. The Kier molecular flexibility index (Phi) is 4.85. The molecule has 22 heavy (non-hydrogen) atoms. The third-order valence-electron chi connectivity index (χ3n) is 2.43. The quantitative estimate of drug-likeness (QED) is 0.783. The van der Waals surface area contributed by atoms with Crippen LogP contribution in [0.1, 0.15) is 5.69 Å². The van der Waals surface area contributed by atoms with E-state index >= 15 is 0 Å². The lowest BCUT2D eigenvalue weighted by atomic mass is 10.5. The highest BCUT2D eigenvalue weighted by atomic mass is 32.1. The van der Waals surface area contributed by atoms with Crippen molar-refractivity contribution in [1.82, 2.24) is 20.1 Å². The Balaban J connectivity index is 1.81. The van der Waals surface area contributed by atoms with E-state index in [1.165, 1.54) is 11.3 Å².